The van der Waals surface area contributed by atoms with E-state index < -0.39 is 29.2 Å². The number of carbonyl (C=O) groups excluding carboxylic acids is 3. The van der Waals surface area contributed by atoms with Crippen LogP contribution in [-0.4, -0.2) is 34.8 Å². The molecule has 1 saturated heterocycles. The third-order valence-corrected chi connectivity index (χ3v) is 6.18. The molecule has 2 aromatic carbocycles. The molecule has 0 radical (unpaired) electrons. The molecule has 1 spiro atoms. The van der Waals surface area contributed by atoms with Crippen molar-refractivity contribution >= 4 is 17.8 Å². The van der Waals surface area contributed by atoms with Gasteiger partial charge in [0.05, 0.1) is 6.04 Å². The van der Waals surface area contributed by atoms with Crippen LogP contribution in [0.5, 0.6) is 0 Å². The number of nitrogens with zero attached hydrogens (tertiary/aromatic N) is 1. The molecule has 0 bridgehead atoms. The Bertz CT molecular complexity index is 1040. The summed E-state index contributed by atoms with van der Waals surface area (Å²) in [5.74, 6) is -1.49. The van der Waals surface area contributed by atoms with Crippen molar-refractivity contribution in [3.8, 4) is 0 Å². The maximum atomic E-state index is 13.8. The van der Waals surface area contributed by atoms with E-state index in [0.29, 0.717) is 24.0 Å². The minimum atomic E-state index is -0.810. The van der Waals surface area contributed by atoms with Crippen LogP contribution in [0.15, 0.2) is 48.5 Å². The highest BCUT2D eigenvalue weighted by molar-refractivity contribution is 6.07. The van der Waals surface area contributed by atoms with E-state index in [4.69, 9.17) is 0 Å². The average molecular weight is 441 g/mol. The van der Waals surface area contributed by atoms with Crippen molar-refractivity contribution in [1.29, 1.82) is 0 Å². The highest BCUT2D eigenvalue weighted by Gasteiger charge is 2.52. The summed E-state index contributed by atoms with van der Waals surface area (Å²) in [6, 6.07) is 10.8. The quantitative estimate of drug-likeness (QED) is 0.645. The van der Waals surface area contributed by atoms with Gasteiger partial charge in [0.1, 0.15) is 17.2 Å². The second kappa shape index (κ2) is 9.06. The van der Waals surface area contributed by atoms with Gasteiger partial charge in [-0.15, -0.1) is 0 Å². The van der Waals surface area contributed by atoms with Gasteiger partial charge in [0.2, 0.25) is 5.91 Å². The van der Waals surface area contributed by atoms with E-state index in [0.717, 1.165) is 17.7 Å². The number of nitrogens with one attached hydrogen (secondary N) is 2. The fourth-order valence-corrected chi connectivity index (χ4v) is 4.55. The molecule has 1 heterocycles. The van der Waals surface area contributed by atoms with Crippen LogP contribution in [0.4, 0.5) is 13.6 Å². The zero-order valence-corrected chi connectivity index (χ0v) is 17.6. The number of carbonyl (C=O) groups is 3. The molecule has 1 atom stereocenters. The lowest BCUT2D eigenvalue weighted by atomic mass is 9.98. The summed E-state index contributed by atoms with van der Waals surface area (Å²) in [5.41, 5.74) is 0.383. The Kier molecular flexibility index (Phi) is 6.21. The smallest absolute Gasteiger partial charge is 0.325 e. The van der Waals surface area contributed by atoms with Gasteiger partial charge in [-0.2, -0.15) is 0 Å². The van der Waals surface area contributed by atoms with Crippen LogP contribution in [0.3, 0.4) is 0 Å². The number of urea groups is 1. The zero-order chi connectivity index (χ0) is 22.7. The number of benzene rings is 2. The van der Waals surface area contributed by atoms with E-state index in [1.54, 1.807) is 24.3 Å². The van der Waals surface area contributed by atoms with Gasteiger partial charge < -0.3 is 10.6 Å². The first-order valence-electron chi connectivity index (χ1n) is 10.8. The fraction of sp³-hybridized carbons (Fsp3) is 0.375. The summed E-state index contributed by atoms with van der Waals surface area (Å²) in [7, 11) is 0. The summed E-state index contributed by atoms with van der Waals surface area (Å²) in [4.78, 5) is 38.8. The van der Waals surface area contributed by atoms with Crippen LogP contribution in [0, 0.1) is 11.6 Å². The van der Waals surface area contributed by atoms with Gasteiger partial charge in [0.15, 0.2) is 0 Å². The van der Waals surface area contributed by atoms with E-state index in [1.807, 2.05) is 0 Å². The minimum absolute atomic E-state index is 0.0336. The molecule has 1 saturated carbocycles. The maximum absolute atomic E-state index is 13.8. The first kappa shape index (κ1) is 21.9. The van der Waals surface area contributed by atoms with Crippen molar-refractivity contribution in [2.45, 2.75) is 50.1 Å². The largest absolute Gasteiger partial charge is 0.349 e. The number of amides is 4. The molecular weight excluding hydrogens is 416 g/mol. The average Bonchev–Trinajstić information content (AvgIpc) is 3.31. The standard InChI is InChI=1S/C24H25F2N3O3/c25-18-7-3-5-16(13-18)14-20(17-6-4-8-19(26)15-17)27-21(30)9-12-29-22(31)24(28-23(29)32)10-1-2-11-24/h3-8,13,15,20H,1-2,9-12,14H2,(H,27,30)(H,28,32). The van der Waals surface area contributed by atoms with E-state index >= 15 is 0 Å². The summed E-state index contributed by atoms with van der Waals surface area (Å²) in [6.07, 6.45) is 3.19. The monoisotopic (exact) mass is 441 g/mol. The predicted molar refractivity (Wildman–Crippen MR) is 113 cm³/mol. The highest BCUT2D eigenvalue weighted by atomic mass is 19.1. The molecule has 8 heteroatoms. The van der Waals surface area contributed by atoms with Crippen LogP contribution in [0.25, 0.3) is 0 Å². The summed E-state index contributed by atoms with van der Waals surface area (Å²) in [6.45, 7) is -0.0336. The van der Waals surface area contributed by atoms with E-state index in [1.165, 1.54) is 24.3 Å². The van der Waals surface area contributed by atoms with Crippen molar-refractivity contribution in [3.63, 3.8) is 0 Å². The van der Waals surface area contributed by atoms with Crippen molar-refractivity contribution < 1.29 is 23.2 Å². The Labute approximate surface area is 185 Å². The molecule has 4 amide bonds. The summed E-state index contributed by atoms with van der Waals surface area (Å²) in [5, 5.41) is 5.64. The second-order valence-corrected chi connectivity index (χ2v) is 8.44. The normalized spacial score (nSPS) is 18.1. The third-order valence-electron chi connectivity index (χ3n) is 6.18. The second-order valence-electron chi connectivity index (χ2n) is 8.44. The number of hydrogen-bond donors (Lipinski definition) is 2. The molecule has 4 rings (SSSR count). The SMILES string of the molecule is O=C(CCN1C(=O)NC2(CCCC2)C1=O)NC(Cc1cccc(F)c1)c1cccc(F)c1. The lowest BCUT2D eigenvalue weighted by Crippen LogP contribution is -2.44. The molecule has 1 unspecified atom stereocenters. The highest BCUT2D eigenvalue weighted by Crippen LogP contribution is 2.35. The third kappa shape index (κ3) is 4.64. The number of halogens is 2. The molecule has 32 heavy (non-hydrogen) atoms. The topological polar surface area (TPSA) is 78.5 Å². The Morgan fingerprint density at radius 3 is 2.44 bits per heavy atom. The molecule has 2 fully saturated rings. The Morgan fingerprint density at radius 1 is 1.06 bits per heavy atom. The van der Waals surface area contributed by atoms with Crippen LogP contribution < -0.4 is 10.6 Å². The molecule has 1 aliphatic carbocycles. The van der Waals surface area contributed by atoms with Gasteiger partial charge >= 0.3 is 6.03 Å². The molecular formula is C24H25F2N3O3. The molecule has 2 aromatic rings. The number of rotatable bonds is 7. The van der Waals surface area contributed by atoms with E-state index in [-0.39, 0.29) is 31.2 Å². The molecule has 1 aliphatic heterocycles. The van der Waals surface area contributed by atoms with Gasteiger partial charge in [0, 0.05) is 13.0 Å². The lowest BCUT2D eigenvalue weighted by Gasteiger charge is -2.21. The van der Waals surface area contributed by atoms with Gasteiger partial charge in [-0.05, 0) is 54.7 Å². The fourth-order valence-electron chi connectivity index (χ4n) is 4.55. The van der Waals surface area contributed by atoms with Crippen LogP contribution >= 0.6 is 0 Å². The van der Waals surface area contributed by atoms with Crippen molar-refractivity contribution in [2.75, 3.05) is 6.54 Å². The van der Waals surface area contributed by atoms with E-state index in [9.17, 15) is 23.2 Å². The Hall–Kier alpha value is -3.29. The van der Waals surface area contributed by atoms with Crippen molar-refractivity contribution in [3.05, 3.63) is 71.3 Å². The van der Waals surface area contributed by atoms with Gasteiger partial charge in [0.25, 0.3) is 5.91 Å². The zero-order valence-electron chi connectivity index (χ0n) is 17.6. The minimum Gasteiger partial charge on any atom is -0.349 e. The van der Waals surface area contributed by atoms with Crippen LogP contribution in [-0.2, 0) is 16.0 Å². The van der Waals surface area contributed by atoms with Crippen LogP contribution in [0.1, 0.15) is 49.3 Å². The van der Waals surface area contributed by atoms with Crippen LogP contribution in [0.2, 0.25) is 0 Å². The van der Waals surface area contributed by atoms with Gasteiger partial charge in [-0.1, -0.05) is 37.1 Å². The van der Waals surface area contributed by atoms with Crippen molar-refractivity contribution in [2.24, 2.45) is 0 Å². The number of hydrogen-bond acceptors (Lipinski definition) is 3. The molecule has 2 aliphatic rings. The Morgan fingerprint density at radius 2 is 1.75 bits per heavy atom. The van der Waals surface area contributed by atoms with Crippen molar-refractivity contribution in [1.82, 2.24) is 15.5 Å². The maximum Gasteiger partial charge on any atom is 0.325 e. The van der Waals surface area contributed by atoms with E-state index in [2.05, 4.69) is 10.6 Å². The summed E-state index contributed by atoms with van der Waals surface area (Å²) >= 11 is 0. The summed E-state index contributed by atoms with van der Waals surface area (Å²) < 4.78 is 27.4. The first-order chi connectivity index (χ1) is 15.4. The first-order valence-corrected chi connectivity index (χ1v) is 10.8. The lowest BCUT2D eigenvalue weighted by molar-refractivity contribution is -0.131. The molecule has 0 aromatic heterocycles. The molecule has 6 nitrogen and oxygen atoms in total. The predicted octanol–water partition coefficient (Wildman–Crippen LogP) is 3.62. The molecule has 2 N–H and O–H groups in total. The Balaban J connectivity index is 1.43. The van der Waals surface area contributed by atoms with Gasteiger partial charge in [-0.25, -0.2) is 13.6 Å². The number of imide groups is 1. The van der Waals surface area contributed by atoms with Gasteiger partial charge in [-0.3, -0.25) is 14.5 Å². The molecule has 168 valence electrons.